The van der Waals surface area contributed by atoms with Crippen molar-refractivity contribution < 1.29 is 4.74 Å². The molecule has 3 N–H and O–H groups in total. The fraction of sp³-hybridized carbons (Fsp3) is 0.353. The van der Waals surface area contributed by atoms with E-state index in [2.05, 4.69) is 48.5 Å². The van der Waals surface area contributed by atoms with Gasteiger partial charge >= 0.3 is 0 Å². The first kappa shape index (κ1) is 15.5. The van der Waals surface area contributed by atoms with Gasteiger partial charge in [-0.3, -0.25) is 16.3 Å². The van der Waals surface area contributed by atoms with Gasteiger partial charge in [-0.25, -0.2) is 0 Å². The van der Waals surface area contributed by atoms with Gasteiger partial charge in [-0.2, -0.15) is 0 Å². The smallest absolute Gasteiger partial charge is 0.141 e. The topological polar surface area (TPSA) is 60.2 Å². The molecule has 0 spiro atoms. The standard InChI is InChI=1S/C17H23N3O/c1-12(2)14-6-4-13(5-7-14)10-16(20-18)15-8-9-19-11-17(15)21-3/h4-9,11-12,16,20H,10,18H2,1-3H3. The van der Waals surface area contributed by atoms with E-state index in [9.17, 15) is 0 Å². The summed E-state index contributed by atoms with van der Waals surface area (Å²) >= 11 is 0. The molecule has 112 valence electrons. The number of nitrogens with two attached hydrogens (primary N) is 1. The highest BCUT2D eigenvalue weighted by molar-refractivity contribution is 5.34. The Morgan fingerprint density at radius 2 is 1.90 bits per heavy atom. The van der Waals surface area contributed by atoms with Gasteiger partial charge in [0.2, 0.25) is 0 Å². The van der Waals surface area contributed by atoms with Crippen LogP contribution in [0.15, 0.2) is 42.7 Å². The van der Waals surface area contributed by atoms with E-state index in [4.69, 9.17) is 10.6 Å². The zero-order valence-electron chi connectivity index (χ0n) is 12.8. The van der Waals surface area contributed by atoms with Crippen LogP contribution in [0.1, 0.15) is 42.5 Å². The molecule has 4 heteroatoms. The average molecular weight is 285 g/mol. The molecule has 0 fully saturated rings. The summed E-state index contributed by atoms with van der Waals surface area (Å²) in [4.78, 5) is 4.08. The summed E-state index contributed by atoms with van der Waals surface area (Å²) in [5, 5.41) is 0. The lowest BCUT2D eigenvalue weighted by atomic mass is 9.96. The number of nitrogens with one attached hydrogen (secondary N) is 1. The zero-order valence-corrected chi connectivity index (χ0v) is 12.8. The molecule has 0 amide bonds. The third-order valence-corrected chi connectivity index (χ3v) is 3.70. The second-order valence-electron chi connectivity index (χ2n) is 5.44. The minimum Gasteiger partial charge on any atom is -0.495 e. The Labute approximate surface area is 126 Å². The highest BCUT2D eigenvalue weighted by Gasteiger charge is 2.15. The Bertz CT molecular complexity index is 567. The van der Waals surface area contributed by atoms with Gasteiger partial charge in [0, 0.05) is 11.8 Å². The molecule has 2 rings (SSSR count). The van der Waals surface area contributed by atoms with Crippen LogP contribution in [0.25, 0.3) is 0 Å². The number of rotatable bonds is 6. The number of hydrogen-bond donors (Lipinski definition) is 2. The fourth-order valence-corrected chi connectivity index (χ4v) is 2.38. The third kappa shape index (κ3) is 3.80. The quantitative estimate of drug-likeness (QED) is 0.633. The SMILES string of the molecule is COc1cnccc1C(Cc1ccc(C(C)C)cc1)NN. The van der Waals surface area contributed by atoms with E-state index < -0.39 is 0 Å². The van der Waals surface area contributed by atoms with Crippen molar-refractivity contribution in [3.63, 3.8) is 0 Å². The normalized spacial score (nSPS) is 12.4. The van der Waals surface area contributed by atoms with Crippen molar-refractivity contribution in [1.29, 1.82) is 0 Å². The molecule has 1 aromatic carbocycles. The number of hydrazine groups is 1. The van der Waals surface area contributed by atoms with Gasteiger partial charge in [-0.1, -0.05) is 38.1 Å². The molecule has 1 unspecified atom stereocenters. The van der Waals surface area contributed by atoms with E-state index in [0.717, 1.165) is 17.7 Å². The Morgan fingerprint density at radius 1 is 1.19 bits per heavy atom. The summed E-state index contributed by atoms with van der Waals surface area (Å²) in [6.07, 6.45) is 4.26. The summed E-state index contributed by atoms with van der Waals surface area (Å²) in [6.45, 7) is 4.39. The van der Waals surface area contributed by atoms with Crippen LogP contribution in [0.2, 0.25) is 0 Å². The average Bonchev–Trinajstić information content (AvgIpc) is 2.53. The van der Waals surface area contributed by atoms with Crippen LogP contribution >= 0.6 is 0 Å². The van der Waals surface area contributed by atoms with E-state index >= 15 is 0 Å². The molecule has 0 aliphatic heterocycles. The van der Waals surface area contributed by atoms with Gasteiger partial charge in [-0.05, 0) is 29.5 Å². The molecular formula is C17H23N3O. The summed E-state index contributed by atoms with van der Waals surface area (Å²) < 4.78 is 5.36. The maximum Gasteiger partial charge on any atom is 0.141 e. The maximum atomic E-state index is 5.73. The summed E-state index contributed by atoms with van der Waals surface area (Å²) in [6, 6.07) is 10.6. The van der Waals surface area contributed by atoms with E-state index in [-0.39, 0.29) is 6.04 Å². The molecule has 0 aliphatic rings. The van der Waals surface area contributed by atoms with Gasteiger partial charge < -0.3 is 4.74 Å². The van der Waals surface area contributed by atoms with Gasteiger partial charge in [0.25, 0.3) is 0 Å². The van der Waals surface area contributed by atoms with Crippen molar-refractivity contribution in [2.24, 2.45) is 5.84 Å². The Morgan fingerprint density at radius 3 is 2.48 bits per heavy atom. The largest absolute Gasteiger partial charge is 0.495 e. The third-order valence-electron chi connectivity index (χ3n) is 3.70. The zero-order chi connectivity index (χ0) is 15.2. The highest BCUT2D eigenvalue weighted by Crippen LogP contribution is 2.26. The Kier molecular flexibility index (Phi) is 5.31. The summed E-state index contributed by atoms with van der Waals surface area (Å²) in [5.74, 6) is 7.02. The number of hydrogen-bond acceptors (Lipinski definition) is 4. The molecule has 1 aromatic heterocycles. The van der Waals surface area contributed by atoms with Crippen molar-refractivity contribution >= 4 is 0 Å². The minimum absolute atomic E-state index is 0.00662. The second kappa shape index (κ2) is 7.20. The lowest BCUT2D eigenvalue weighted by molar-refractivity contribution is 0.397. The van der Waals surface area contributed by atoms with Crippen LogP contribution < -0.4 is 16.0 Å². The van der Waals surface area contributed by atoms with Gasteiger partial charge in [0.05, 0.1) is 19.3 Å². The van der Waals surface area contributed by atoms with E-state index in [1.807, 2.05) is 6.07 Å². The molecule has 4 nitrogen and oxygen atoms in total. The van der Waals surface area contributed by atoms with Crippen LogP contribution in [0.3, 0.4) is 0 Å². The monoisotopic (exact) mass is 285 g/mol. The number of ether oxygens (including phenoxy) is 1. The fourth-order valence-electron chi connectivity index (χ4n) is 2.38. The van der Waals surface area contributed by atoms with E-state index in [1.54, 1.807) is 19.5 Å². The maximum absolute atomic E-state index is 5.73. The molecule has 0 bridgehead atoms. The van der Waals surface area contributed by atoms with E-state index in [1.165, 1.54) is 11.1 Å². The van der Waals surface area contributed by atoms with Crippen LogP contribution in [-0.2, 0) is 6.42 Å². The van der Waals surface area contributed by atoms with Crippen molar-refractivity contribution in [2.75, 3.05) is 7.11 Å². The molecule has 0 aliphatic carbocycles. The molecule has 2 aromatic rings. The summed E-state index contributed by atoms with van der Waals surface area (Å²) in [5.41, 5.74) is 6.47. The molecule has 0 saturated carbocycles. The van der Waals surface area contributed by atoms with Crippen LogP contribution in [-0.4, -0.2) is 12.1 Å². The number of aromatic nitrogens is 1. The number of methoxy groups -OCH3 is 1. The van der Waals surface area contributed by atoms with Crippen molar-refractivity contribution in [3.8, 4) is 5.75 Å². The van der Waals surface area contributed by atoms with Gasteiger partial charge in [0.1, 0.15) is 5.75 Å². The first-order valence-corrected chi connectivity index (χ1v) is 7.18. The molecule has 0 saturated heterocycles. The van der Waals surface area contributed by atoms with Crippen LogP contribution in [0, 0.1) is 0 Å². The van der Waals surface area contributed by atoms with Gasteiger partial charge in [0.15, 0.2) is 0 Å². The minimum atomic E-state index is -0.00662. The Hall–Kier alpha value is -1.91. The van der Waals surface area contributed by atoms with Crippen molar-refractivity contribution in [3.05, 3.63) is 59.4 Å². The van der Waals surface area contributed by atoms with Crippen molar-refractivity contribution in [2.45, 2.75) is 32.2 Å². The highest BCUT2D eigenvalue weighted by atomic mass is 16.5. The summed E-state index contributed by atoms with van der Waals surface area (Å²) in [7, 11) is 1.64. The predicted octanol–water partition coefficient (Wildman–Crippen LogP) is 2.96. The first-order chi connectivity index (χ1) is 10.2. The number of pyridine rings is 1. The molecule has 21 heavy (non-hydrogen) atoms. The number of nitrogens with zero attached hydrogens (tertiary/aromatic N) is 1. The van der Waals surface area contributed by atoms with Crippen molar-refractivity contribution in [1.82, 2.24) is 10.4 Å². The molecule has 1 heterocycles. The Balaban J connectivity index is 2.19. The predicted molar refractivity (Wildman–Crippen MR) is 85.1 cm³/mol. The molecular weight excluding hydrogens is 262 g/mol. The molecule has 0 radical (unpaired) electrons. The van der Waals surface area contributed by atoms with Crippen LogP contribution in [0.4, 0.5) is 0 Å². The number of benzene rings is 1. The lowest BCUT2D eigenvalue weighted by Gasteiger charge is -2.19. The lowest BCUT2D eigenvalue weighted by Crippen LogP contribution is -2.30. The first-order valence-electron chi connectivity index (χ1n) is 7.18. The second-order valence-corrected chi connectivity index (χ2v) is 5.44. The van der Waals surface area contributed by atoms with Crippen LogP contribution in [0.5, 0.6) is 5.75 Å². The van der Waals surface area contributed by atoms with Gasteiger partial charge in [-0.15, -0.1) is 0 Å². The molecule has 1 atom stereocenters. The van der Waals surface area contributed by atoms with E-state index in [0.29, 0.717) is 5.92 Å².